The van der Waals surface area contributed by atoms with Crippen LogP contribution < -0.4 is 24.2 Å². The molecule has 0 heterocycles. The lowest BCUT2D eigenvalue weighted by molar-refractivity contribution is 0.102. The summed E-state index contributed by atoms with van der Waals surface area (Å²) >= 11 is 0. The van der Waals surface area contributed by atoms with Crippen molar-refractivity contribution in [1.29, 1.82) is 0 Å². The van der Waals surface area contributed by atoms with E-state index in [-0.39, 0.29) is 4.90 Å². The van der Waals surface area contributed by atoms with Crippen molar-refractivity contribution in [2.75, 3.05) is 30.9 Å². The molecule has 32 heavy (non-hydrogen) atoms. The molecule has 3 aromatic carbocycles. The van der Waals surface area contributed by atoms with Gasteiger partial charge in [0.2, 0.25) is 0 Å². The number of amides is 1. The van der Waals surface area contributed by atoms with Gasteiger partial charge >= 0.3 is 0 Å². The van der Waals surface area contributed by atoms with Gasteiger partial charge in [0.1, 0.15) is 5.75 Å². The molecule has 0 bridgehead atoms. The summed E-state index contributed by atoms with van der Waals surface area (Å²) in [5, 5.41) is 2.71. The van der Waals surface area contributed by atoms with Gasteiger partial charge in [0.25, 0.3) is 15.9 Å². The number of methoxy groups -OCH3 is 2. The number of benzene rings is 3. The van der Waals surface area contributed by atoms with E-state index in [9.17, 15) is 13.2 Å². The molecular weight excluding hydrogens is 432 g/mol. The molecule has 9 heteroatoms. The third-order valence-electron chi connectivity index (χ3n) is 4.48. The lowest BCUT2D eigenvalue weighted by atomic mass is 10.2. The van der Waals surface area contributed by atoms with Gasteiger partial charge in [0.05, 0.1) is 31.4 Å². The van der Waals surface area contributed by atoms with Gasteiger partial charge in [-0.25, -0.2) is 8.42 Å². The predicted molar refractivity (Wildman–Crippen MR) is 122 cm³/mol. The molecular formula is C23H24N2O6S. The average molecular weight is 457 g/mol. The van der Waals surface area contributed by atoms with Crippen LogP contribution in [0.1, 0.15) is 17.3 Å². The van der Waals surface area contributed by atoms with Crippen LogP contribution >= 0.6 is 0 Å². The number of carbonyl (C=O) groups is 1. The monoisotopic (exact) mass is 456 g/mol. The second-order valence-electron chi connectivity index (χ2n) is 6.59. The number of ether oxygens (including phenoxy) is 3. The van der Waals surface area contributed by atoms with Crippen LogP contribution in [0.3, 0.4) is 0 Å². The number of carbonyl (C=O) groups excluding carboxylic acids is 1. The molecule has 1 amide bonds. The first-order chi connectivity index (χ1) is 15.4. The van der Waals surface area contributed by atoms with E-state index in [0.717, 1.165) is 0 Å². The zero-order valence-electron chi connectivity index (χ0n) is 17.9. The highest BCUT2D eigenvalue weighted by molar-refractivity contribution is 7.92. The largest absolute Gasteiger partial charge is 0.495 e. The summed E-state index contributed by atoms with van der Waals surface area (Å²) in [5.74, 6) is 0.933. The van der Waals surface area contributed by atoms with Crippen LogP contribution in [0.25, 0.3) is 0 Å². The van der Waals surface area contributed by atoms with Crippen LogP contribution in [0.15, 0.2) is 71.6 Å². The van der Waals surface area contributed by atoms with Crippen molar-refractivity contribution in [1.82, 2.24) is 0 Å². The van der Waals surface area contributed by atoms with E-state index in [1.807, 2.05) is 6.92 Å². The molecule has 0 atom stereocenters. The molecule has 0 unspecified atom stereocenters. The number of anilines is 2. The minimum atomic E-state index is -3.91. The third-order valence-corrected chi connectivity index (χ3v) is 5.84. The maximum atomic E-state index is 12.9. The van der Waals surface area contributed by atoms with Crippen molar-refractivity contribution in [3.63, 3.8) is 0 Å². The summed E-state index contributed by atoms with van der Waals surface area (Å²) < 4.78 is 44.1. The smallest absolute Gasteiger partial charge is 0.262 e. The normalized spacial score (nSPS) is 10.8. The third kappa shape index (κ3) is 5.30. The minimum absolute atomic E-state index is 0.00881. The number of nitrogens with one attached hydrogen (secondary N) is 2. The van der Waals surface area contributed by atoms with Gasteiger partial charge in [-0.15, -0.1) is 0 Å². The first kappa shape index (κ1) is 23.0. The summed E-state index contributed by atoms with van der Waals surface area (Å²) in [6.45, 7) is 2.32. The Balaban J connectivity index is 1.81. The predicted octanol–water partition coefficient (Wildman–Crippen LogP) is 4.16. The molecule has 0 radical (unpaired) electrons. The van der Waals surface area contributed by atoms with Gasteiger partial charge in [-0.05, 0) is 55.5 Å². The Hall–Kier alpha value is -3.72. The van der Waals surface area contributed by atoms with Gasteiger partial charge in [0, 0.05) is 11.3 Å². The summed E-state index contributed by atoms with van der Waals surface area (Å²) in [6, 6.07) is 17.5. The van der Waals surface area contributed by atoms with E-state index in [4.69, 9.17) is 14.2 Å². The Labute approximate surface area is 187 Å². The molecule has 0 saturated carbocycles. The zero-order chi connectivity index (χ0) is 23.1. The summed E-state index contributed by atoms with van der Waals surface area (Å²) in [7, 11) is -0.963. The maximum Gasteiger partial charge on any atom is 0.262 e. The average Bonchev–Trinajstić information content (AvgIpc) is 2.79. The van der Waals surface area contributed by atoms with Crippen LogP contribution in [0.4, 0.5) is 11.4 Å². The fraction of sp³-hybridized carbons (Fsp3) is 0.174. The van der Waals surface area contributed by atoms with Crippen LogP contribution in [0, 0.1) is 0 Å². The molecule has 0 fully saturated rings. The number of sulfonamides is 1. The number of hydrogen-bond acceptors (Lipinski definition) is 6. The highest BCUT2D eigenvalue weighted by atomic mass is 32.2. The Kier molecular flexibility index (Phi) is 7.21. The molecule has 0 aromatic heterocycles. The van der Waals surface area contributed by atoms with Crippen molar-refractivity contribution in [2.45, 2.75) is 11.8 Å². The molecule has 0 aliphatic carbocycles. The minimum Gasteiger partial charge on any atom is -0.495 e. The molecule has 2 N–H and O–H groups in total. The Morgan fingerprint density at radius 3 is 2.34 bits per heavy atom. The Morgan fingerprint density at radius 1 is 0.875 bits per heavy atom. The summed E-state index contributed by atoms with van der Waals surface area (Å²) in [4.78, 5) is 12.7. The van der Waals surface area contributed by atoms with Crippen LogP contribution in [0.2, 0.25) is 0 Å². The van der Waals surface area contributed by atoms with E-state index in [0.29, 0.717) is 40.8 Å². The van der Waals surface area contributed by atoms with Gasteiger partial charge in [0.15, 0.2) is 11.5 Å². The molecule has 8 nitrogen and oxygen atoms in total. The Morgan fingerprint density at radius 2 is 1.62 bits per heavy atom. The highest BCUT2D eigenvalue weighted by Gasteiger charge is 2.18. The number of rotatable bonds is 9. The quantitative estimate of drug-likeness (QED) is 0.501. The molecule has 3 rings (SSSR count). The molecule has 0 aliphatic heterocycles. The van der Waals surface area contributed by atoms with E-state index in [1.165, 1.54) is 26.4 Å². The van der Waals surface area contributed by atoms with E-state index in [2.05, 4.69) is 10.0 Å². The van der Waals surface area contributed by atoms with Gasteiger partial charge in [-0.3, -0.25) is 9.52 Å². The molecule has 0 aliphatic rings. The van der Waals surface area contributed by atoms with Crippen molar-refractivity contribution in [3.05, 3.63) is 72.3 Å². The SMILES string of the molecule is CCOc1ccc(C(=O)Nc2cccc(S(=O)(=O)Nc3ccccc3OC)c2)cc1OC. The maximum absolute atomic E-state index is 12.9. The van der Waals surface area contributed by atoms with E-state index < -0.39 is 15.9 Å². The second-order valence-corrected chi connectivity index (χ2v) is 8.27. The molecule has 3 aromatic rings. The zero-order valence-corrected chi connectivity index (χ0v) is 18.7. The van der Waals surface area contributed by atoms with Crippen molar-refractivity contribution in [3.8, 4) is 17.2 Å². The van der Waals surface area contributed by atoms with E-state index in [1.54, 1.807) is 54.6 Å². The number of hydrogen-bond donors (Lipinski definition) is 2. The lowest BCUT2D eigenvalue weighted by Crippen LogP contribution is -2.15. The van der Waals surface area contributed by atoms with Gasteiger partial charge in [-0.2, -0.15) is 0 Å². The van der Waals surface area contributed by atoms with Crippen molar-refractivity contribution < 1.29 is 27.4 Å². The van der Waals surface area contributed by atoms with Gasteiger partial charge < -0.3 is 19.5 Å². The first-order valence-electron chi connectivity index (χ1n) is 9.76. The first-order valence-corrected chi connectivity index (χ1v) is 11.2. The van der Waals surface area contributed by atoms with Crippen molar-refractivity contribution in [2.24, 2.45) is 0 Å². The Bertz CT molecular complexity index is 1210. The second kappa shape index (κ2) is 10.1. The summed E-state index contributed by atoms with van der Waals surface area (Å²) in [6.07, 6.45) is 0. The molecule has 168 valence electrons. The molecule has 0 spiro atoms. The highest BCUT2D eigenvalue weighted by Crippen LogP contribution is 2.29. The summed E-state index contributed by atoms with van der Waals surface area (Å²) in [5.41, 5.74) is 0.974. The van der Waals surface area contributed by atoms with Crippen molar-refractivity contribution >= 4 is 27.3 Å². The van der Waals surface area contributed by atoms with Gasteiger partial charge in [-0.1, -0.05) is 18.2 Å². The fourth-order valence-corrected chi connectivity index (χ4v) is 4.08. The molecule has 0 saturated heterocycles. The standard InChI is InChI=1S/C23H24N2O6S/c1-4-31-21-13-12-16(14-22(21)30-3)23(26)24-17-8-7-9-18(15-17)32(27,28)25-19-10-5-6-11-20(19)29-2/h5-15,25H,4H2,1-3H3,(H,24,26). The fourth-order valence-electron chi connectivity index (χ4n) is 2.96. The van der Waals surface area contributed by atoms with Crippen LogP contribution in [-0.2, 0) is 10.0 Å². The number of para-hydroxylation sites is 2. The topological polar surface area (TPSA) is 103 Å². The van der Waals surface area contributed by atoms with Crippen LogP contribution in [0.5, 0.6) is 17.2 Å². The lowest BCUT2D eigenvalue weighted by Gasteiger charge is -2.13. The van der Waals surface area contributed by atoms with Crippen LogP contribution in [-0.4, -0.2) is 35.2 Å². The van der Waals surface area contributed by atoms with E-state index >= 15 is 0 Å².